The van der Waals surface area contributed by atoms with Crippen LogP contribution in [0.3, 0.4) is 0 Å². The summed E-state index contributed by atoms with van der Waals surface area (Å²) in [6.07, 6.45) is 6.08. The first kappa shape index (κ1) is 20.5. The molecular formula is C20H39N3O2. The molecule has 1 heterocycles. The number of likely N-dealkylation sites (tertiary alicyclic amines) is 1. The Morgan fingerprint density at radius 1 is 1.16 bits per heavy atom. The first-order valence-corrected chi connectivity index (χ1v) is 10.3. The molecule has 1 atom stereocenters. The number of unbranched alkanes of at least 4 members (excludes halogenated alkanes) is 1. The van der Waals surface area contributed by atoms with E-state index in [4.69, 9.17) is 4.74 Å². The molecule has 1 saturated heterocycles. The lowest BCUT2D eigenvalue weighted by Crippen LogP contribution is -2.41. The first-order valence-electron chi connectivity index (χ1n) is 10.3. The van der Waals surface area contributed by atoms with Gasteiger partial charge in [0.1, 0.15) is 5.60 Å². The SMILES string of the molecule is CCCCN(CCN1CCC(CNCC2CC2)C1)C(=O)OC(C)(C)C. The molecule has 1 saturated carbocycles. The number of amides is 1. The van der Waals surface area contributed by atoms with Gasteiger partial charge in [-0.3, -0.25) is 0 Å². The van der Waals surface area contributed by atoms with E-state index in [1.165, 1.54) is 25.8 Å². The van der Waals surface area contributed by atoms with Gasteiger partial charge in [0, 0.05) is 26.2 Å². The molecule has 5 heteroatoms. The van der Waals surface area contributed by atoms with Gasteiger partial charge in [-0.15, -0.1) is 0 Å². The molecule has 0 spiro atoms. The summed E-state index contributed by atoms with van der Waals surface area (Å²) in [7, 11) is 0. The monoisotopic (exact) mass is 353 g/mol. The van der Waals surface area contributed by atoms with Crippen molar-refractivity contribution in [1.29, 1.82) is 0 Å². The second-order valence-corrected chi connectivity index (χ2v) is 8.88. The molecule has 25 heavy (non-hydrogen) atoms. The van der Waals surface area contributed by atoms with E-state index in [1.807, 2.05) is 25.7 Å². The number of rotatable bonds is 10. The highest BCUT2D eigenvalue weighted by atomic mass is 16.6. The van der Waals surface area contributed by atoms with Crippen LogP contribution in [0.15, 0.2) is 0 Å². The topological polar surface area (TPSA) is 44.8 Å². The minimum absolute atomic E-state index is 0.164. The summed E-state index contributed by atoms with van der Waals surface area (Å²) in [5, 5.41) is 3.64. The summed E-state index contributed by atoms with van der Waals surface area (Å²) < 4.78 is 5.57. The fourth-order valence-corrected chi connectivity index (χ4v) is 3.33. The van der Waals surface area contributed by atoms with Crippen LogP contribution < -0.4 is 5.32 Å². The lowest BCUT2D eigenvalue weighted by molar-refractivity contribution is 0.0233. The van der Waals surface area contributed by atoms with Crippen LogP contribution in [0, 0.1) is 11.8 Å². The van der Waals surface area contributed by atoms with Gasteiger partial charge in [-0.05, 0) is 77.9 Å². The Morgan fingerprint density at radius 3 is 2.52 bits per heavy atom. The predicted octanol–water partition coefficient (Wildman–Crippen LogP) is 3.35. The smallest absolute Gasteiger partial charge is 0.410 e. The molecule has 2 fully saturated rings. The van der Waals surface area contributed by atoms with Gasteiger partial charge < -0.3 is 19.9 Å². The first-order chi connectivity index (χ1) is 11.9. The Bertz CT molecular complexity index is 404. The fraction of sp³-hybridized carbons (Fsp3) is 0.950. The number of nitrogens with zero attached hydrogens (tertiary/aromatic N) is 2. The van der Waals surface area contributed by atoms with E-state index >= 15 is 0 Å². The van der Waals surface area contributed by atoms with E-state index < -0.39 is 5.60 Å². The van der Waals surface area contributed by atoms with Gasteiger partial charge in [-0.1, -0.05) is 13.3 Å². The van der Waals surface area contributed by atoms with E-state index in [2.05, 4.69) is 17.1 Å². The molecule has 0 aromatic carbocycles. The lowest BCUT2D eigenvalue weighted by Gasteiger charge is -2.29. The second kappa shape index (κ2) is 9.77. The number of hydrogen-bond acceptors (Lipinski definition) is 4. The molecule has 0 aromatic heterocycles. The molecule has 0 bridgehead atoms. The molecule has 5 nitrogen and oxygen atoms in total. The van der Waals surface area contributed by atoms with Gasteiger partial charge >= 0.3 is 6.09 Å². The molecule has 2 aliphatic rings. The fourth-order valence-electron chi connectivity index (χ4n) is 3.33. The van der Waals surface area contributed by atoms with E-state index in [0.717, 1.165) is 63.9 Å². The van der Waals surface area contributed by atoms with Crippen LogP contribution in [0.5, 0.6) is 0 Å². The zero-order valence-corrected chi connectivity index (χ0v) is 16.9. The van der Waals surface area contributed by atoms with Gasteiger partial charge in [0.05, 0.1) is 0 Å². The molecule has 0 radical (unpaired) electrons. The Labute approximate surface area is 154 Å². The zero-order valence-electron chi connectivity index (χ0n) is 16.9. The van der Waals surface area contributed by atoms with Crippen molar-refractivity contribution >= 4 is 6.09 Å². The van der Waals surface area contributed by atoms with Crippen LogP contribution >= 0.6 is 0 Å². The molecule has 146 valence electrons. The van der Waals surface area contributed by atoms with Crippen LogP contribution in [-0.2, 0) is 4.74 Å². The van der Waals surface area contributed by atoms with Gasteiger partial charge in [0.25, 0.3) is 0 Å². The maximum absolute atomic E-state index is 12.4. The minimum atomic E-state index is -0.423. The van der Waals surface area contributed by atoms with Crippen LogP contribution in [0.4, 0.5) is 4.79 Å². The van der Waals surface area contributed by atoms with E-state index in [0.29, 0.717) is 0 Å². The molecule has 1 unspecified atom stereocenters. The number of nitrogens with one attached hydrogen (secondary N) is 1. The summed E-state index contributed by atoms with van der Waals surface area (Å²) >= 11 is 0. The van der Waals surface area contributed by atoms with Gasteiger partial charge in [-0.25, -0.2) is 4.79 Å². The normalized spacial score (nSPS) is 21.5. The average Bonchev–Trinajstić information content (AvgIpc) is 3.23. The van der Waals surface area contributed by atoms with Crippen molar-refractivity contribution in [3.63, 3.8) is 0 Å². The summed E-state index contributed by atoms with van der Waals surface area (Å²) in [4.78, 5) is 16.8. The molecule has 1 amide bonds. The Kier molecular flexibility index (Phi) is 8.01. The number of carbonyl (C=O) groups is 1. The van der Waals surface area contributed by atoms with Crippen LogP contribution in [0.2, 0.25) is 0 Å². The summed E-state index contributed by atoms with van der Waals surface area (Å²) in [6.45, 7) is 15.2. The summed E-state index contributed by atoms with van der Waals surface area (Å²) in [5.41, 5.74) is -0.423. The van der Waals surface area contributed by atoms with Crippen molar-refractivity contribution in [3.05, 3.63) is 0 Å². The van der Waals surface area contributed by atoms with Crippen LogP contribution in [0.25, 0.3) is 0 Å². The van der Waals surface area contributed by atoms with E-state index in [9.17, 15) is 4.79 Å². The highest BCUT2D eigenvalue weighted by Gasteiger charge is 2.26. The summed E-state index contributed by atoms with van der Waals surface area (Å²) in [5.74, 6) is 1.72. The quantitative estimate of drug-likeness (QED) is 0.654. The van der Waals surface area contributed by atoms with Crippen molar-refractivity contribution in [2.24, 2.45) is 11.8 Å². The third-order valence-electron chi connectivity index (χ3n) is 5.05. The van der Waals surface area contributed by atoms with E-state index in [-0.39, 0.29) is 6.09 Å². The largest absolute Gasteiger partial charge is 0.444 e. The highest BCUT2D eigenvalue weighted by Crippen LogP contribution is 2.27. The highest BCUT2D eigenvalue weighted by molar-refractivity contribution is 5.68. The third kappa shape index (κ3) is 8.41. The average molecular weight is 354 g/mol. The maximum atomic E-state index is 12.4. The maximum Gasteiger partial charge on any atom is 0.410 e. The van der Waals surface area contributed by atoms with Crippen LogP contribution in [-0.4, -0.2) is 67.3 Å². The van der Waals surface area contributed by atoms with Crippen molar-refractivity contribution in [2.75, 3.05) is 45.8 Å². The summed E-state index contributed by atoms with van der Waals surface area (Å²) in [6, 6.07) is 0. The number of carbonyl (C=O) groups excluding carboxylic acids is 1. The van der Waals surface area contributed by atoms with Crippen molar-refractivity contribution < 1.29 is 9.53 Å². The van der Waals surface area contributed by atoms with Crippen molar-refractivity contribution in [2.45, 2.75) is 65.4 Å². The molecule has 1 aliphatic carbocycles. The van der Waals surface area contributed by atoms with Crippen molar-refractivity contribution in [3.8, 4) is 0 Å². The van der Waals surface area contributed by atoms with Crippen LogP contribution in [0.1, 0.15) is 59.8 Å². The second-order valence-electron chi connectivity index (χ2n) is 8.88. The Balaban J connectivity index is 1.68. The van der Waals surface area contributed by atoms with E-state index in [1.54, 1.807) is 0 Å². The van der Waals surface area contributed by atoms with Gasteiger partial charge in [-0.2, -0.15) is 0 Å². The van der Waals surface area contributed by atoms with Crippen molar-refractivity contribution in [1.82, 2.24) is 15.1 Å². The zero-order chi connectivity index (χ0) is 18.3. The molecule has 2 rings (SSSR count). The lowest BCUT2D eigenvalue weighted by atomic mass is 10.1. The van der Waals surface area contributed by atoms with Gasteiger partial charge in [0.2, 0.25) is 0 Å². The molecule has 1 N–H and O–H groups in total. The van der Waals surface area contributed by atoms with Gasteiger partial charge in [0.15, 0.2) is 0 Å². The molecule has 0 aromatic rings. The minimum Gasteiger partial charge on any atom is -0.444 e. The number of ether oxygens (including phenoxy) is 1. The molecular weight excluding hydrogens is 314 g/mol. The Hall–Kier alpha value is -0.810. The Morgan fingerprint density at radius 2 is 1.88 bits per heavy atom. The predicted molar refractivity (Wildman–Crippen MR) is 103 cm³/mol. The standard InChI is InChI=1S/C20H39N3O2/c1-5-6-10-23(19(24)25-20(2,3)4)13-12-22-11-9-18(16-22)15-21-14-17-7-8-17/h17-18,21H,5-16H2,1-4H3. The number of hydrogen-bond donors (Lipinski definition) is 1. The molecule has 1 aliphatic heterocycles. The third-order valence-corrected chi connectivity index (χ3v) is 5.05.